The van der Waals surface area contributed by atoms with Gasteiger partial charge < -0.3 is 15.4 Å². The SMILES string of the molecule is COc1cc(N2CCCCC2)c(Br)cc1N. The lowest BCUT2D eigenvalue weighted by Gasteiger charge is -2.30. The van der Waals surface area contributed by atoms with Gasteiger partial charge >= 0.3 is 0 Å². The molecule has 0 saturated carbocycles. The molecule has 2 N–H and O–H groups in total. The van der Waals surface area contributed by atoms with E-state index in [0.29, 0.717) is 5.69 Å². The summed E-state index contributed by atoms with van der Waals surface area (Å²) in [6.07, 6.45) is 3.86. The molecule has 0 bridgehead atoms. The second kappa shape index (κ2) is 4.95. The maximum absolute atomic E-state index is 5.86. The normalized spacial score (nSPS) is 16.2. The fourth-order valence-electron chi connectivity index (χ4n) is 2.11. The Morgan fingerprint density at radius 2 is 1.94 bits per heavy atom. The van der Waals surface area contributed by atoms with Crippen molar-refractivity contribution in [1.82, 2.24) is 0 Å². The molecule has 0 aromatic heterocycles. The molecule has 0 aliphatic carbocycles. The Balaban J connectivity index is 2.31. The van der Waals surface area contributed by atoms with Crippen LogP contribution in [0.3, 0.4) is 0 Å². The van der Waals surface area contributed by atoms with Crippen LogP contribution in [-0.4, -0.2) is 20.2 Å². The molecule has 0 unspecified atom stereocenters. The third-order valence-corrected chi connectivity index (χ3v) is 3.63. The van der Waals surface area contributed by atoms with Gasteiger partial charge in [0.1, 0.15) is 5.75 Å². The summed E-state index contributed by atoms with van der Waals surface area (Å²) in [5, 5.41) is 0. The highest BCUT2D eigenvalue weighted by Crippen LogP contribution is 2.36. The monoisotopic (exact) mass is 284 g/mol. The minimum atomic E-state index is 0.676. The van der Waals surface area contributed by atoms with Gasteiger partial charge in [0, 0.05) is 23.6 Å². The zero-order valence-corrected chi connectivity index (χ0v) is 11.1. The van der Waals surface area contributed by atoms with Gasteiger partial charge in [-0.15, -0.1) is 0 Å². The van der Waals surface area contributed by atoms with Crippen LogP contribution in [0.15, 0.2) is 16.6 Å². The van der Waals surface area contributed by atoms with Crippen molar-refractivity contribution in [3.05, 3.63) is 16.6 Å². The fraction of sp³-hybridized carbons (Fsp3) is 0.500. The molecular weight excluding hydrogens is 268 g/mol. The number of hydrogen-bond acceptors (Lipinski definition) is 3. The summed E-state index contributed by atoms with van der Waals surface area (Å²) < 4.78 is 6.31. The number of nitrogens with zero attached hydrogens (tertiary/aromatic N) is 1. The lowest BCUT2D eigenvalue weighted by Crippen LogP contribution is -2.29. The molecule has 0 atom stereocenters. The molecule has 0 spiro atoms. The van der Waals surface area contributed by atoms with E-state index in [-0.39, 0.29) is 0 Å². The standard InChI is InChI=1S/C12H17BrN2O/c1-16-12-8-11(9(13)7-10(12)14)15-5-3-2-4-6-15/h7-8H,2-6,14H2,1H3. The van der Waals surface area contributed by atoms with E-state index in [0.717, 1.165) is 23.3 Å². The molecule has 88 valence electrons. The summed E-state index contributed by atoms with van der Waals surface area (Å²) in [5.74, 6) is 0.753. The number of halogens is 1. The van der Waals surface area contributed by atoms with E-state index >= 15 is 0 Å². The molecule has 0 amide bonds. The summed E-state index contributed by atoms with van der Waals surface area (Å²) >= 11 is 3.57. The number of piperidine rings is 1. The van der Waals surface area contributed by atoms with Gasteiger partial charge in [-0.3, -0.25) is 0 Å². The van der Waals surface area contributed by atoms with E-state index in [4.69, 9.17) is 10.5 Å². The van der Waals surface area contributed by atoms with E-state index in [1.54, 1.807) is 7.11 Å². The van der Waals surface area contributed by atoms with Crippen LogP contribution in [0.1, 0.15) is 19.3 Å². The highest BCUT2D eigenvalue weighted by molar-refractivity contribution is 9.10. The van der Waals surface area contributed by atoms with Crippen molar-refractivity contribution in [1.29, 1.82) is 0 Å². The predicted octanol–water partition coefficient (Wildman–Crippen LogP) is 3.03. The number of hydrogen-bond donors (Lipinski definition) is 1. The molecule has 1 aromatic rings. The summed E-state index contributed by atoms with van der Waals surface area (Å²) in [4.78, 5) is 2.38. The number of methoxy groups -OCH3 is 1. The van der Waals surface area contributed by atoms with Gasteiger partial charge in [-0.05, 0) is 41.3 Å². The van der Waals surface area contributed by atoms with Crippen molar-refractivity contribution < 1.29 is 4.74 Å². The zero-order valence-electron chi connectivity index (χ0n) is 9.50. The van der Waals surface area contributed by atoms with Crippen molar-refractivity contribution in [3.8, 4) is 5.75 Å². The summed E-state index contributed by atoms with van der Waals surface area (Å²) in [5.41, 5.74) is 7.72. The molecule has 1 aliphatic rings. The van der Waals surface area contributed by atoms with Crippen LogP contribution in [0.5, 0.6) is 5.75 Å². The number of nitrogens with two attached hydrogens (primary N) is 1. The summed E-state index contributed by atoms with van der Waals surface area (Å²) in [7, 11) is 1.65. The van der Waals surface area contributed by atoms with Gasteiger partial charge in [0.25, 0.3) is 0 Å². The van der Waals surface area contributed by atoms with Gasteiger partial charge in [-0.25, -0.2) is 0 Å². The average molecular weight is 285 g/mol. The maximum atomic E-state index is 5.86. The number of anilines is 2. The topological polar surface area (TPSA) is 38.5 Å². The van der Waals surface area contributed by atoms with Crippen molar-refractivity contribution in [2.45, 2.75) is 19.3 Å². The molecule has 2 rings (SSSR count). The minimum absolute atomic E-state index is 0.676. The first-order valence-electron chi connectivity index (χ1n) is 5.60. The average Bonchev–Trinajstić information content (AvgIpc) is 2.30. The maximum Gasteiger partial charge on any atom is 0.143 e. The Bertz CT molecular complexity index is 376. The highest BCUT2D eigenvalue weighted by atomic mass is 79.9. The highest BCUT2D eigenvalue weighted by Gasteiger charge is 2.15. The zero-order chi connectivity index (χ0) is 11.5. The number of ether oxygens (including phenoxy) is 1. The van der Waals surface area contributed by atoms with Gasteiger partial charge in [-0.1, -0.05) is 0 Å². The first-order valence-corrected chi connectivity index (χ1v) is 6.39. The Hall–Kier alpha value is -0.900. The summed E-state index contributed by atoms with van der Waals surface area (Å²) in [6.45, 7) is 2.23. The third-order valence-electron chi connectivity index (χ3n) is 3.00. The van der Waals surface area contributed by atoms with Crippen LogP contribution in [0.2, 0.25) is 0 Å². The molecule has 16 heavy (non-hydrogen) atoms. The van der Waals surface area contributed by atoms with Crippen LogP contribution in [0, 0.1) is 0 Å². The van der Waals surface area contributed by atoms with Crippen molar-refractivity contribution in [2.24, 2.45) is 0 Å². The molecule has 1 aliphatic heterocycles. The van der Waals surface area contributed by atoms with E-state index in [1.807, 2.05) is 12.1 Å². The van der Waals surface area contributed by atoms with Crippen LogP contribution < -0.4 is 15.4 Å². The van der Waals surface area contributed by atoms with Gasteiger partial charge in [-0.2, -0.15) is 0 Å². The van der Waals surface area contributed by atoms with Crippen LogP contribution in [0.4, 0.5) is 11.4 Å². The lowest BCUT2D eigenvalue weighted by molar-refractivity contribution is 0.416. The molecule has 1 fully saturated rings. The second-order valence-electron chi connectivity index (χ2n) is 4.09. The fourth-order valence-corrected chi connectivity index (χ4v) is 2.72. The van der Waals surface area contributed by atoms with E-state index in [9.17, 15) is 0 Å². The van der Waals surface area contributed by atoms with Gasteiger partial charge in [0.05, 0.1) is 18.5 Å². The predicted molar refractivity (Wildman–Crippen MR) is 71.2 cm³/mol. The van der Waals surface area contributed by atoms with E-state index in [1.165, 1.54) is 24.9 Å². The van der Waals surface area contributed by atoms with Crippen LogP contribution in [0.25, 0.3) is 0 Å². The molecule has 1 aromatic carbocycles. The number of nitrogen functional groups attached to an aromatic ring is 1. The smallest absolute Gasteiger partial charge is 0.143 e. The van der Waals surface area contributed by atoms with Crippen molar-refractivity contribution in [3.63, 3.8) is 0 Å². The van der Waals surface area contributed by atoms with E-state index < -0.39 is 0 Å². The van der Waals surface area contributed by atoms with Gasteiger partial charge in [0.2, 0.25) is 0 Å². The Kier molecular flexibility index (Phi) is 3.59. The second-order valence-corrected chi connectivity index (χ2v) is 4.95. The quantitative estimate of drug-likeness (QED) is 0.849. The van der Waals surface area contributed by atoms with Crippen molar-refractivity contribution >= 4 is 27.3 Å². The molecule has 3 nitrogen and oxygen atoms in total. The van der Waals surface area contributed by atoms with Gasteiger partial charge in [0.15, 0.2) is 0 Å². The molecule has 1 heterocycles. The Morgan fingerprint density at radius 1 is 1.25 bits per heavy atom. The number of rotatable bonds is 2. The largest absolute Gasteiger partial charge is 0.495 e. The van der Waals surface area contributed by atoms with Crippen molar-refractivity contribution in [2.75, 3.05) is 30.8 Å². The number of benzene rings is 1. The molecule has 1 saturated heterocycles. The Morgan fingerprint density at radius 3 is 2.56 bits per heavy atom. The lowest BCUT2D eigenvalue weighted by atomic mass is 10.1. The first kappa shape index (κ1) is 11.6. The van der Waals surface area contributed by atoms with Crippen LogP contribution >= 0.6 is 15.9 Å². The molecular formula is C12H17BrN2O. The first-order chi connectivity index (χ1) is 7.72. The van der Waals surface area contributed by atoms with Crippen LogP contribution in [-0.2, 0) is 0 Å². The summed E-state index contributed by atoms with van der Waals surface area (Å²) in [6, 6.07) is 3.94. The Labute approximate surface area is 105 Å². The molecule has 4 heteroatoms. The minimum Gasteiger partial charge on any atom is -0.495 e. The molecule has 0 radical (unpaired) electrons. The third kappa shape index (κ3) is 2.26. The van der Waals surface area contributed by atoms with E-state index in [2.05, 4.69) is 20.8 Å².